The van der Waals surface area contributed by atoms with Gasteiger partial charge in [-0.05, 0) is 56.3 Å². The van der Waals surface area contributed by atoms with Crippen molar-refractivity contribution in [2.75, 3.05) is 31.0 Å². The summed E-state index contributed by atoms with van der Waals surface area (Å²) in [5, 5.41) is 86.5. The molecule has 0 saturated heterocycles. The van der Waals surface area contributed by atoms with Crippen molar-refractivity contribution in [3.63, 3.8) is 0 Å². The predicted octanol–water partition coefficient (Wildman–Crippen LogP) is 13.8. The molecule has 5 aromatic carbocycles. The maximum absolute atomic E-state index is 12.8. The minimum atomic E-state index is -1.61. The molecule has 87 heavy (non-hydrogen) atoms. The molecule has 7 aromatic rings. The summed E-state index contributed by atoms with van der Waals surface area (Å²) >= 11 is 68.3. The lowest BCUT2D eigenvalue weighted by molar-refractivity contribution is -0.386. The summed E-state index contributed by atoms with van der Waals surface area (Å²) in [6.45, 7) is 9.49. The average molecular weight is 1450 g/mol. The number of aromatic carboxylic acids is 3. The number of phenolic OH excluding ortho intramolecular Hbond substituents is 5. The zero-order valence-corrected chi connectivity index (χ0v) is 54.3. The Morgan fingerprint density at radius 2 is 0.931 bits per heavy atom. The number of nitrogens with zero attached hydrogens (tertiary/aromatic N) is 6. The summed E-state index contributed by atoms with van der Waals surface area (Å²) in [6.07, 6.45) is 0. The summed E-state index contributed by atoms with van der Waals surface area (Å²) in [5.74, 6) is -6.32. The van der Waals surface area contributed by atoms with Crippen LogP contribution in [-0.4, -0.2) is 114 Å². The van der Waals surface area contributed by atoms with E-state index in [9.17, 15) is 64.4 Å². The number of hydrogen-bond donors (Lipinski definition) is 10. The quantitative estimate of drug-likeness (QED) is 0.0168. The number of nitro benzene ring substituents is 1. The third-order valence-corrected chi connectivity index (χ3v) is 14.3. The molecule has 11 N–H and O–H groups in total. The van der Waals surface area contributed by atoms with Crippen LogP contribution in [0.15, 0.2) is 39.9 Å². The van der Waals surface area contributed by atoms with Gasteiger partial charge in [0.15, 0.2) is 28.6 Å². The van der Waals surface area contributed by atoms with Crippen LogP contribution in [0, 0.1) is 22.0 Å². The summed E-state index contributed by atoms with van der Waals surface area (Å²) in [7, 11) is 3.78. The Kier molecular flexibility index (Phi) is 28.0. The first-order valence-corrected chi connectivity index (χ1v) is 28.6. The highest BCUT2D eigenvalue weighted by atomic mass is 35.5. The number of nitro groups is 1. The van der Waals surface area contributed by atoms with Gasteiger partial charge in [-0.3, -0.25) is 33.6 Å². The van der Waals surface area contributed by atoms with Crippen LogP contribution in [0.3, 0.4) is 0 Å². The van der Waals surface area contributed by atoms with Crippen LogP contribution in [0.5, 0.6) is 28.7 Å². The number of nitrogens with one attached hydrogen (secondary N) is 1. The standard InChI is InChI=1S/C15H19Cl2N3O2.C13H13Cl3N2O2.C9H6Cl3NO4.C7H3Cl2NO5.C7H5Cl2NO3/c1-8(2)6-20-11(7-19(3)4)18-13-12(15(20)22)9(16)5-10(17)14(13)21;1-6(2)5-18-9(4-14)17-11-10(13(18)20)7(15)3-8(16)12(11)19;10-2-5(14)13-7-6(9(16)17)3(11)1-4(12)8(7)15;8-2-1-3(9)6(11)5(10(14)15)4(2)7(12)13;8-2-1-3(9)6(11)5(10)4(2)7(12)13/h5,8,21H,6-7H2,1-4H3;3,6,19H,4-5H2,1-2H3;1,15H,2H2,(H,13,14)(H,16,17);1,11H,(H,12,13);1,11H,10H2,(H,12,13). The van der Waals surface area contributed by atoms with Crippen LogP contribution in [-0.2, 0) is 30.3 Å². The van der Waals surface area contributed by atoms with Crippen molar-refractivity contribution in [3.05, 3.63) is 140 Å². The highest BCUT2D eigenvalue weighted by molar-refractivity contribution is 6.42. The molecule has 0 saturated carbocycles. The third kappa shape index (κ3) is 18.5. The number of alkyl halides is 2. The molecular weight excluding hydrogens is 1410 g/mol. The number of anilines is 2. The number of carbonyl (C=O) groups is 4. The number of amides is 1. The van der Waals surface area contributed by atoms with Crippen LogP contribution in [0.4, 0.5) is 17.1 Å². The average Bonchev–Trinajstić information content (AvgIpc) is 0.839. The van der Waals surface area contributed by atoms with Gasteiger partial charge in [-0.2, -0.15) is 0 Å². The van der Waals surface area contributed by atoms with Crippen LogP contribution in [0.2, 0.25) is 50.2 Å². The van der Waals surface area contributed by atoms with Gasteiger partial charge < -0.3 is 56.8 Å². The normalized spacial score (nSPS) is 10.8. The molecule has 1 amide bonds. The number of carbonyl (C=O) groups excluding carboxylic acids is 1. The largest absolute Gasteiger partial charge is 0.504 e. The number of benzene rings is 5. The maximum atomic E-state index is 12.8. The van der Waals surface area contributed by atoms with Crippen molar-refractivity contribution in [3.8, 4) is 28.7 Å². The van der Waals surface area contributed by atoms with E-state index >= 15 is 0 Å². The number of carboxylic acid groups (broad SMARTS) is 3. The van der Waals surface area contributed by atoms with Crippen molar-refractivity contribution >= 4 is 202 Å². The molecule has 0 aliphatic rings. The first kappa shape index (κ1) is 75.2. The topological polar surface area (TPSA) is 384 Å². The number of aromatic hydroxyl groups is 5. The summed E-state index contributed by atoms with van der Waals surface area (Å²) in [5.41, 5.74) is 1.64. The second-order valence-corrected chi connectivity index (χ2v) is 23.2. The molecule has 0 radical (unpaired) electrons. The van der Waals surface area contributed by atoms with Crippen LogP contribution in [0.25, 0.3) is 21.8 Å². The van der Waals surface area contributed by atoms with Crippen molar-refractivity contribution in [2.24, 2.45) is 11.8 Å². The number of hydrogen-bond acceptors (Lipinski definition) is 17. The SMILES string of the molecule is CC(C)Cn1c(CCl)nc2c(O)c(Cl)cc(Cl)c2c1=O.CC(C)Cn1c(CN(C)C)nc2c(O)c(Cl)cc(Cl)c2c1=O.Nc1c(O)c(Cl)cc(Cl)c1C(=O)O.O=C(CCl)Nc1c(O)c(Cl)cc(Cl)c1C(=O)O.O=C(O)c1c(Cl)cc(Cl)c(O)c1[N+](=O)[O-]. The molecule has 36 heteroatoms. The second-order valence-electron chi connectivity index (χ2n) is 18.6. The molecule has 0 aliphatic heterocycles. The Balaban J connectivity index is 0.000000288. The van der Waals surface area contributed by atoms with E-state index in [0.29, 0.717) is 31.3 Å². The van der Waals surface area contributed by atoms with E-state index < -0.39 is 73.7 Å². The van der Waals surface area contributed by atoms with Gasteiger partial charge in [-0.15, -0.1) is 23.2 Å². The maximum Gasteiger partial charge on any atom is 0.344 e. The Hall–Kier alpha value is -6.10. The molecule has 2 heterocycles. The molecule has 0 bridgehead atoms. The number of fused-ring (bicyclic) bond motifs is 2. The van der Waals surface area contributed by atoms with E-state index in [1.54, 1.807) is 4.57 Å². The predicted molar refractivity (Wildman–Crippen MR) is 338 cm³/mol. The van der Waals surface area contributed by atoms with E-state index in [-0.39, 0.29) is 124 Å². The van der Waals surface area contributed by atoms with E-state index in [2.05, 4.69) is 15.3 Å². The minimum Gasteiger partial charge on any atom is -0.504 e. The molecule has 0 aliphatic carbocycles. The first-order chi connectivity index (χ1) is 40.3. The third-order valence-electron chi connectivity index (χ3n) is 10.9. The highest BCUT2D eigenvalue weighted by Crippen LogP contribution is 2.43. The van der Waals surface area contributed by atoms with E-state index in [0.717, 1.165) is 18.2 Å². The fourth-order valence-corrected chi connectivity index (χ4v) is 10.2. The fourth-order valence-electron chi connectivity index (χ4n) is 7.25. The molecule has 24 nitrogen and oxygen atoms in total. The summed E-state index contributed by atoms with van der Waals surface area (Å²) in [6, 6.07) is 5.82. The number of carboxylic acids is 3. The van der Waals surface area contributed by atoms with Crippen LogP contribution < -0.4 is 22.2 Å². The molecule has 0 atom stereocenters. The molecule has 0 fully saturated rings. The molecule has 7 rings (SSSR count). The highest BCUT2D eigenvalue weighted by Gasteiger charge is 2.31. The summed E-state index contributed by atoms with van der Waals surface area (Å²) in [4.78, 5) is 88.7. The van der Waals surface area contributed by atoms with E-state index in [4.69, 9.17) is 160 Å². The van der Waals surface area contributed by atoms with Crippen molar-refractivity contribution in [1.29, 1.82) is 0 Å². The Morgan fingerprint density at radius 3 is 1.31 bits per heavy atom. The fraction of sp³-hybridized carbons (Fsp3) is 0.255. The zero-order valence-electron chi connectivity index (χ0n) is 45.2. The van der Waals surface area contributed by atoms with Gasteiger partial charge in [0.2, 0.25) is 11.7 Å². The van der Waals surface area contributed by atoms with Gasteiger partial charge in [0.05, 0.1) is 84.0 Å². The number of aromatic nitrogens is 4. The number of nitrogen functional groups attached to an aromatic ring is 1. The lowest BCUT2D eigenvalue weighted by Gasteiger charge is -2.18. The molecular formula is C51H46Cl12N8O16. The summed E-state index contributed by atoms with van der Waals surface area (Å²) < 4.78 is 3.10. The minimum absolute atomic E-state index is 0.0523. The van der Waals surface area contributed by atoms with E-state index in [1.165, 1.54) is 16.7 Å². The number of phenols is 5. The smallest absolute Gasteiger partial charge is 0.344 e. The Bertz CT molecular complexity index is 3980. The van der Waals surface area contributed by atoms with Crippen molar-refractivity contribution < 1.29 is 65.0 Å². The molecule has 0 spiro atoms. The zero-order chi connectivity index (χ0) is 66.7. The monoisotopic (exact) mass is 1450 g/mol. The second kappa shape index (κ2) is 32.4. The van der Waals surface area contributed by atoms with E-state index in [1.807, 2.05) is 46.7 Å². The number of rotatable bonds is 13. The van der Waals surface area contributed by atoms with Gasteiger partial charge in [0, 0.05) is 13.1 Å². The Morgan fingerprint density at radius 1 is 0.575 bits per heavy atom. The molecule has 2 aromatic heterocycles. The van der Waals surface area contributed by atoms with Crippen LogP contribution >= 0.6 is 139 Å². The van der Waals surface area contributed by atoms with Gasteiger partial charge in [0.25, 0.3) is 11.1 Å². The lowest BCUT2D eigenvalue weighted by Crippen LogP contribution is -2.30. The number of halogens is 12. The van der Waals surface area contributed by atoms with Gasteiger partial charge in [-0.25, -0.2) is 24.4 Å². The number of nitrogens with two attached hydrogens (primary N) is 1. The van der Waals surface area contributed by atoms with Gasteiger partial charge in [0.1, 0.15) is 45.4 Å². The lowest BCUT2D eigenvalue weighted by atomic mass is 10.1. The first-order valence-electron chi connectivity index (χ1n) is 23.8. The van der Waals surface area contributed by atoms with Crippen molar-refractivity contribution in [1.82, 2.24) is 24.0 Å². The molecule has 0 unspecified atom stereocenters. The van der Waals surface area contributed by atoms with Gasteiger partial charge in [-0.1, -0.05) is 144 Å². The van der Waals surface area contributed by atoms with Gasteiger partial charge >= 0.3 is 23.6 Å². The molecule has 470 valence electrons. The van der Waals surface area contributed by atoms with Crippen molar-refractivity contribution in [2.45, 2.75) is 53.2 Å². The Labute approximate surface area is 551 Å². The van der Waals surface area contributed by atoms with Crippen LogP contribution in [0.1, 0.15) is 70.4 Å².